The predicted octanol–water partition coefficient (Wildman–Crippen LogP) is 0.451. The van der Waals surface area contributed by atoms with Crippen LogP contribution in [0.15, 0.2) is 28.6 Å². The van der Waals surface area contributed by atoms with E-state index in [1.807, 2.05) is 0 Å². The maximum absolute atomic E-state index is 10.7. The van der Waals surface area contributed by atoms with E-state index in [4.69, 9.17) is 10.2 Å². The highest BCUT2D eigenvalue weighted by Crippen LogP contribution is 2.12. The van der Waals surface area contributed by atoms with E-state index in [1.54, 1.807) is 0 Å². The molecule has 0 fully saturated rings. The predicted molar refractivity (Wildman–Crippen MR) is 54.6 cm³/mol. The summed E-state index contributed by atoms with van der Waals surface area (Å²) in [7, 11) is -2.75. The molecule has 16 heavy (non-hydrogen) atoms. The molecule has 2 N–H and O–H groups in total. The Bertz CT molecular complexity index is 497. The van der Waals surface area contributed by atoms with E-state index in [-0.39, 0.29) is 12.2 Å². The molecule has 0 aromatic heterocycles. The largest absolute Gasteiger partial charge is 0.508 e. The summed E-state index contributed by atoms with van der Waals surface area (Å²) >= 11 is 0. The van der Waals surface area contributed by atoms with E-state index in [0.29, 0.717) is 5.56 Å². The lowest BCUT2D eigenvalue weighted by molar-refractivity contribution is -0.138. The van der Waals surface area contributed by atoms with Gasteiger partial charge in [0.1, 0.15) is 5.75 Å². The summed E-state index contributed by atoms with van der Waals surface area (Å²) in [5.74, 6) is -1.25. The normalized spacial score (nSPS) is 11.8. The number of carbonyl (C=O) groups is 1. The Kier molecular flexibility index (Phi) is 4.01. The molecule has 1 atom stereocenters. The van der Waals surface area contributed by atoms with Gasteiger partial charge in [-0.1, -0.05) is 12.1 Å². The molecule has 0 saturated carbocycles. The number of carboxylic acid groups (broad SMARTS) is 1. The lowest BCUT2D eigenvalue weighted by atomic mass is 10.1. The summed E-state index contributed by atoms with van der Waals surface area (Å²) in [5, 5.41) is 17.7. The number of hydrogen-bond donors (Lipinski definition) is 2. The smallest absolute Gasteiger partial charge is 0.330 e. The van der Waals surface area contributed by atoms with Gasteiger partial charge in [0.15, 0.2) is 6.04 Å². The molecule has 86 valence electrons. The molecule has 7 heteroatoms. The average Bonchev–Trinajstić information content (AvgIpc) is 2.19. The Balaban J connectivity index is 2.88. The fraction of sp³-hybridized carbons (Fsp3) is 0.222. The quantitative estimate of drug-likeness (QED) is 0.799. The van der Waals surface area contributed by atoms with Crippen LogP contribution in [0.5, 0.6) is 5.75 Å². The van der Waals surface area contributed by atoms with E-state index >= 15 is 0 Å². The second-order valence-corrected chi connectivity index (χ2v) is 3.69. The number of phenols is 1. The van der Waals surface area contributed by atoms with Gasteiger partial charge in [-0.25, -0.2) is 4.79 Å². The van der Waals surface area contributed by atoms with Crippen LogP contribution < -0.4 is 0 Å². The summed E-state index contributed by atoms with van der Waals surface area (Å²) in [5.41, 5.74) is 0.583. The number of nitrogens with zero attached hydrogens (tertiary/aromatic N) is 1. The SMILES string of the molecule is O=C(O)[C@H](Cc1ccc(O)cc1)N=S(=O)=O. The Morgan fingerprint density at radius 1 is 1.31 bits per heavy atom. The second kappa shape index (κ2) is 5.26. The van der Waals surface area contributed by atoms with Gasteiger partial charge in [-0.3, -0.25) is 0 Å². The molecule has 0 unspecified atom stereocenters. The first-order valence-corrected chi connectivity index (χ1v) is 5.33. The lowest BCUT2D eigenvalue weighted by Gasteiger charge is -2.04. The van der Waals surface area contributed by atoms with Gasteiger partial charge in [-0.05, 0) is 17.7 Å². The summed E-state index contributed by atoms with van der Waals surface area (Å²) in [6.45, 7) is 0. The zero-order valence-corrected chi connectivity index (χ0v) is 8.88. The third-order valence-electron chi connectivity index (χ3n) is 1.86. The van der Waals surface area contributed by atoms with Crippen molar-refractivity contribution in [3.63, 3.8) is 0 Å². The highest BCUT2D eigenvalue weighted by molar-refractivity contribution is 7.61. The summed E-state index contributed by atoms with van der Waals surface area (Å²) in [6, 6.07) is 4.47. The van der Waals surface area contributed by atoms with Crippen molar-refractivity contribution in [2.45, 2.75) is 12.5 Å². The van der Waals surface area contributed by atoms with Crippen LogP contribution >= 0.6 is 0 Å². The Morgan fingerprint density at radius 2 is 1.88 bits per heavy atom. The third-order valence-corrected chi connectivity index (χ3v) is 2.29. The first-order chi connectivity index (χ1) is 7.49. The second-order valence-electron chi connectivity index (χ2n) is 3.05. The van der Waals surface area contributed by atoms with Crippen LogP contribution in [-0.4, -0.2) is 30.6 Å². The molecule has 0 heterocycles. The standard InChI is InChI=1S/C9H9NO5S/c11-7-3-1-6(2-4-7)5-8(9(12)13)10-16(14)15/h1-4,8,11H,5H2,(H,12,13)/t8-/m0/s1. The van der Waals surface area contributed by atoms with E-state index in [9.17, 15) is 13.2 Å². The monoisotopic (exact) mass is 243 g/mol. The first kappa shape index (κ1) is 12.2. The van der Waals surface area contributed by atoms with Crippen LogP contribution in [0.25, 0.3) is 0 Å². The molecule has 0 aliphatic carbocycles. The minimum atomic E-state index is -2.75. The fourth-order valence-corrected chi connectivity index (χ4v) is 1.50. The molecule has 0 bridgehead atoms. The number of phenolic OH excluding ortho intramolecular Hbond substituents is 1. The van der Waals surface area contributed by atoms with E-state index in [2.05, 4.69) is 4.36 Å². The van der Waals surface area contributed by atoms with E-state index in [0.717, 1.165) is 0 Å². The number of aromatic hydroxyl groups is 1. The number of rotatable bonds is 4. The van der Waals surface area contributed by atoms with Gasteiger partial charge in [0.25, 0.3) is 0 Å². The third kappa shape index (κ3) is 3.70. The van der Waals surface area contributed by atoms with Crippen molar-refractivity contribution in [1.29, 1.82) is 0 Å². The number of aliphatic carboxylic acids is 1. The van der Waals surface area contributed by atoms with Crippen LogP contribution in [0.2, 0.25) is 0 Å². The highest BCUT2D eigenvalue weighted by Gasteiger charge is 2.17. The molecule has 0 spiro atoms. The molecule has 1 rings (SSSR count). The Hall–Kier alpha value is -1.89. The molecule has 1 aromatic rings. The van der Waals surface area contributed by atoms with Gasteiger partial charge in [-0.15, -0.1) is 0 Å². The topological polar surface area (TPSA) is 104 Å². The highest BCUT2D eigenvalue weighted by atomic mass is 32.2. The molecular weight excluding hydrogens is 234 g/mol. The minimum Gasteiger partial charge on any atom is -0.508 e. The molecule has 6 nitrogen and oxygen atoms in total. The van der Waals surface area contributed by atoms with Crippen LogP contribution in [0, 0.1) is 0 Å². The zero-order chi connectivity index (χ0) is 12.1. The molecule has 0 saturated heterocycles. The zero-order valence-electron chi connectivity index (χ0n) is 8.07. The van der Waals surface area contributed by atoms with Crippen molar-refractivity contribution in [2.75, 3.05) is 0 Å². The fourth-order valence-electron chi connectivity index (χ4n) is 1.13. The summed E-state index contributed by atoms with van der Waals surface area (Å²) < 4.78 is 23.6. The molecule has 0 aliphatic heterocycles. The average molecular weight is 243 g/mol. The Labute approximate surface area is 92.9 Å². The van der Waals surface area contributed by atoms with Crippen LogP contribution in [-0.2, 0) is 21.7 Å². The number of carboxylic acids is 1. The van der Waals surface area contributed by atoms with Gasteiger partial charge in [0.2, 0.25) is 0 Å². The molecular formula is C9H9NO5S. The Morgan fingerprint density at radius 3 is 2.31 bits per heavy atom. The molecule has 0 aliphatic rings. The molecule has 0 amide bonds. The van der Waals surface area contributed by atoms with Crippen molar-refractivity contribution >= 4 is 16.5 Å². The minimum absolute atomic E-state index is 0.0381. The summed E-state index contributed by atoms with van der Waals surface area (Å²) in [4.78, 5) is 10.7. The molecule has 0 radical (unpaired) electrons. The molecule has 1 aromatic carbocycles. The lowest BCUT2D eigenvalue weighted by Crippen LogP contribution is -2.20. The number of benzene rings is 1. The van der Waals surface area contributed by atoms with E-state index < -0.39 is 22.5 Å². The van der Waals surface area contributed by atoms with Crippen LogP contribution in [0.4, 0.5) is 0 Å². The summed E-state index contributed by atoms with van der Waals surface area (Å²) in [6.07, 6.45) is -0.0381. The van der Waals surface area contributed by atoms with Gasteiger partial charge in [0, 0.05) is 6.42 Å². The van der Waals surface area contributed by atoms with Gasteiger partial charge < -0.3 is 10.2 Å². The maximum Gasteiger partial charge on any atom is 0.330 e. The van der Waals surface area contributed by atoms with E-state index in [1.165, 1.54) is 24.3 Å². The van der Waals surface area contributed by atoms with Crippen LogP contribution in [0.1, 0.15) is 5.56 Å². The van der Waals surface area contributed by atoms with Crippen molar-refractivity contribution in [3.8, 4) is 5.75 Å². The van der Waals surface area contributed by atoms with Crippen molar-refractivity contribution in [1.82, 2.24) is 0 Å². The van der Waals surface area contributed by atoms with Crippen LogP contribution in [0.3, 0.4) is 0 Å². The van der Waals surface area contributed by atoms with Gasteiger partial charge in [-0.2, -0.15) is 12.8 Å². The van der Waals surface area contributed by atoms with Crippen molar-refractivity contribution < 1.29 is 23.4 Å². The maximum atomic E-state index is 10.7. The number of hydrogen-bond acceptors (Lipinski definition) is 5. The van der Waals surface area contributed by atoms with Crippen molar-refractivity contribution in [3.05, 3.63) is 29.8 Å². The van der Waals surface area contributed by atoms with Gasteiger partial charge >= 0.3 is 16.5 Å². The van der Waals surface area contributed by atoms with Gasteiger partial charge in [0.05, 0.1) is 0 Å². The first-order valence-electron chi connectivity index (χ1n) is 4.30. The van der Waals surface area contributed by atoms with Crippen molar-refractivity contribution in [2.24, 2.45) is 4.36 Å².